The number of pyridine rings is 2. The molecule has 0 unspecified atom stereocenters. The number of carbonyl (C=O) groups is 1. The molecule has 3 aromatic rings. The number of hydrogen-bond acceptors (Lipinski definition) is 8. The number of rotatable bonds is 5. The van der Waals surface area contributed by atoms with Crippen LogP contribution in [0.25, 0.3) is 5.52 Å². The number of amides is 1. The second-order valence-corrected chi connectivity index (χ2v) is 7.89. The van der Waals surface area contributed by atoms with Gasteiger partial charge in [-0.1, -0.05) is 11.6 Å². The van der Waals surface area contributed by atoms with Crippen LogP contribution >= 0.6 is 11.6 Å². The van der Waals surface area contributed by atoms with E-state index in [0.29, 0.717) is 17.0 Å². The molecule has 0 aliphatic heterocycles. The highest BCUT2D eigenvalue weighted by Crippen LogP contribution is 2.39. The summed E-state index contributed by atoms with van der Waals surface area (Å²) in [6.45, 7) is 5.37. The van der Waals surface area contributed by atoms with Gasteiger partial charge < -0.3 is 24.9 Å². The van der Waals surface area contributed by atoms with Crippen molar-refractivity contribution in [3.05, 3.63) is 45.9 Å². The second kappa shape index (κ2) is 8.26. The molecule has 0 saturated carbocycles. The molecular weight excluding hydrogens is 428 g/mol. The van der Waals surface area contributed by atoms with E-state index in [-0.39, 0.29) is 16.5 Å². The summed E-state index contributed by atoms with van der Waals surface area (Å²) in [7, 11) is 3.09. The zero-order valence-corrected chi connectivity index (χ0v) is 18.3. The highest BCUT2D eigenvalue weighted by Gasteiger charge is 2.24. The van der Waals surface area contributed by atoms with E-state index >= 15 is 0 Å². The van der Waals surface area contributed by atoms with Gasteiger partial charge in [0.25, 0.3) is 0 Å². The molecule has 0 aliphatic carbocycles. The number of ether oxygens (including phenoxy) is 2. The van der Waals surface area contributed by atoms with Crippen LogP contribution in [0.3, 0.4) is 0 Å². The SMILES string of the molecule is CNc1c([N+](=O)[O-])ncc(Oc2cnn3cc(N(C)C(=O)OC(C)(C)C)ccc23)c1Cl. The van der Waals surface area contributed by atoms with Gasteiger partial charge in [-0.3, -0.25) is 4.90 Å². The fourth-order valence-corrected chi connectivity index (χ4v) is 2.94. The Morgan fingerprint density at radius 3 is 2.61 bits per heavy atom. The van der Waals surface area contributed by atoms with Crippen LogP contribution in [0.2, 0.25) is 5.02 Å². The lowest BCUT2D eigenvalue weighted by molar-refractivity contribution is -0.388. The van der Waals surface area contributed by atoms with Crippen LogP contribution in [-0.4, -0.2) is 45.3 Å². The third-order valence-corrected chi connectivity index (χ3v) is 4.50. The predicted molar refractivity (Wildman–Crippen MR) is 115 cm³/mol. The second-order valence-electron chi connectivity index (χ2n) is 7.51. The number of fused-ring (bicyclic) bond motifs is 1. The molecular formula is C19H21ClN6O5. The lowest BCUT2D eigenvalue weighted by Crippen LogP contribution is -2.34. The molecule has 3 aromatic heterocycles. The summed E-state index contributed by atoms with van der Waals surface area (Å²) in [6.07, 6.45) is 3.78. The number of nitro groups is 1. The van der Waals surface area contributed by atoms with Crippen LogP contribution in [0.5, 0.6) is 11.5 Å². The van der Waals surface area contributed by atoms with E-state index in [1.54, 1.807) is 46.1 Å². The lowest BCUT2D eigenvalue weighted by Gasteiger charge is -2.24. The lowest BCUT2D eigenvalue weighted by atomic mass is 10.2. The molecule has 0 aliphatic rings. The maximum atomic E-state index is 12.3. The fourth-order valence-electron chi connectivity index (χ4n) is 2.67. The van der Waals surface area contributed by atoms with Crippen LogP contribution in [-0.2, 0) is 4.74 Å². The first-order valence-electron chi connectivity index (χ1n) is 9.14. The molecule has 0 saturated heterocycles. The zero-order chi connectivity index (χ0) is 22.9. The van der Waals surface area contributed by atoms with Crippen molar-refractivity contribution in [3.8, 4) is 11.5 Å². The maximum Gasteiger partial charge on any atom is 0.414 e. The Hall–Kier alpha value is -3.60. The number of hydrogen-bond donors (Lipinski definition) is 1. The largest absolute Gasteiger partial charge is 0.448 e. The van der Waals surface area contributed by atoms with Crippen LogP contribution in [0.15, 0.2) is 30.7 Å². The van der Waals surface area contributed by atoms with Gasteiger partial charge in [-0.05, 0) is 42.8 Å². The summed E-state index contributed by atoms with van der Waals surface area (Å²) < 4.78 is 12.7. The van der Waals surface area contributed by atoms with Crippen molar-refractivity contribution in [2.45, 2.75) is 26.4 Å². The topological polar surface area (TPSA) is 124 Å². The molecule has 1 amide bonds. The molecule has 0 fully saturated rings. The van der Waals surface area contributed by atoms with Gasteiger partial charge in [0.05, 0.1) is 18.1 Å². The van der Waals surface area contributed by atoms with Crippen molar-refractivity contribution in [2.24, 2.45) is 0 Å². The van der Waals surface area contributed by atoms with Gasteiger partial charge in [-0.2, -0.15) is 5.10 Å². The van der Waals surface area contributed by atoms with Crippen LogP contribution in [0.4, 0.5) is 22.0 Å². The van der Waals surface area contributed by atoms with Crippen molar-refractivity contribution in [2.75, 3.05) is 24.3 Å². The van der Waals surface area contributed by atoms with Crippen LogP contribution in [0, 0.1) is 10.1 Å². The molecule has 31 heavy (non-hydrogen) atoms. The molecule has 0 spiro atoms. The Labute approximate surface area is 182 Å². The molecule has 1 N–H and O–H groups in total. The number of carbonyl (C=O) groups excluding carboxylic acids is 1. The first-order chi connectivity index (χ1) is 14.5. The average molecular weight is 449 g/mol. The van der Waals surface area contributed by atoms with Crippen molar-refractivity contribution in [1.82, 2.24) is 14.6 Å². The van der Waals surface area contributed by atoms with Gasteiger partial charge >= 0.3 is 11.9 Å². The number of nitrogens with zero attached hydrogens (tertiary/aromatic N) is 5. The van der Waals surface area contributed by atoms with Gasteiger partial charge in [-0.25, -0.2) is 9.31 Å². The smallest absolute Gasteiger partial charge is 0.414 e. The Morgan fingerprint density at radius 1 is 1.29 bits per heavy atom. The summed E-state index contributed by atoms with van der Waals surface area (Å²) in [5.74, 6) is 0.0714. The van der Waals surface area contributed by atoms with E-state index in [1.165, 1.54) is 28.9 Å². The molecule has 164 valence electrons. The highest BCUT2D eigenvalue weighted by molar-refractivity contribution is 6.35. The van der Waals surface area contributed by atoms with E-state index < -0.39 is 22.4 Å². The number of nitrogens with one attached hydrogen (secondary N) is 1. The summed E-state index contributed by atoms with van der Waals surface area (Å²) in [5.41, 5.74) is 0.569. The van der Waals surface area contributed by atoms with Crippen LogP contribution < -0.4 is 15.0 Å². The molecule has 0 atom stereocenters. The summed E-state index contributed by atoms with van der Waals surface area (Å²) in [5, 5.41) is 18.0. The quantitative estimate of drug-likeness (QED) is 0.447. The zero-order valence-electron chi connectivity index (χ0n) is 17.5. The van der Waals surface area contributed by atoms with Gasteiger partial charge in [-0.15, -0.1) is 0 Å². The first kappa shape index (κ1) is 22.1. The number of aromatic nitrogens is 3. The van der Waals surface area contributed by atoms with Crippen molar-refractivity contribution < 1.29 is 19.2 Å². The van der Waals surface area contributed by atoms with Crippen LogP contribution in [0.1, 0.15) is 20.8 Å². The minimum atomic E-state index is -0.639. The number of anilines is 2. The Morgan fingerprint density at radius 2 is 2.00 bits per heavy atom. The van der Waals surface area contributed by atoms with E-state index in [4.69, 9.17) is 21.1 Å². The first-order valence-corrected chi connectivity index (χ1v) is 9.52. The number of halogens is 1. The minimum absolute atomic E-state index is 0.0184. The fraction of sp³-hybridized carbons (Fsp3) is 0.316. The van der Waals surface area contributed by atoms with Gasteiger partial charge in [0.2, 0.25) is 0 Å². The average Bonchev–Trinajstić information content (AvgIpc) is 3.09. The maximum absolute atomic E-state index is 12.3. The van der Waals surface area contributed by atoms with Crippen molar-refractivity contribution >= 4 is 40.4 Å². The third kappa shape index (κ3) is 4.61. The van der Waals surface area contributed by atoms with E-state index in [0.717, 1.165) is 0 Å². The molecule has 3 rings (SSSR count). The van der Waals surface area contributed by atoms with Gasteiger partial charge in [0.15, 0.2) is 23.4 Å². The third-order valence-electron chi connectivity index (χ3n) is 4.13. The molecule has 0 bridgehead atoms. The predicted octanol–water partition coefficient (Wildman–Crippen LogP) is 4.50. The van der Waals surface area contributed by atoms with E-state index in [9.17, 15) is 14.9 Å². The molecule has 0 aromatic carbocycles. The highest BCUT2D eigenvalue weighted by atomic mass is 35.5. The molecule has 0 radical (unpaired) electrons. The van der Waals surface area contributed by atoms with Gasteiger partial charge in [0, 0.05) is 14.1 Å². The Balaban J connectivity index is 1.89. The standard InChI is InChI=1S/C19H21ClN6O5/c1-19(2,3)31-18(27)24(5)11-6-7-12-13(9-23-25(12)10-11)30-14-8-22-17(26(28)29)16(21-4)15(14)20/h6-10,21H,1-5H3. The summed E-state index contributed by atoms with van der Waals surface area (Å²) in [6, 6.07) is 3.42. The summed E-state index contributed by atoms with van der Waals surface area (Å²) >= 11 is 6.26. The monoisotopic (exact) mass is 448 g/mol. The van der Waals surface area contributed by atoms with Crippen molar-refractivity contribution in [3.63, 3.8) is 0 Å². The molecule has 3 heterocycles. The van der Waals surface area contributed by atoms with E-state index in [1.807, 2.05) is 0 Å². The normalized spacial score (nSPS) is 11.3. The minimum Gasteiger partial charge on any atom is -0.448 e. The van der Waals surface area contributed by atoms with Crippen molar-refractivity contribution in [1.29, 1.82) is 0 Å². The molecule has 11 nitrogen and oxygen atoms in total. The summed E-state index contributed by atoms with van der Waals surface area (Å²) in [4.78, 5) is 27.9. The Bertz CT molecular complexity index is 1160. The van der Waals surface area contributed by atoms with E-state index in [2.05, 4.69) is 15.4 Å². The molecule has 12 heteroatoms. The Kier molecular flexibility index (Phi) is 5.89. The van der Waals surface area contributed by atoms with Gasteiger partial charge in [0.1, 0.15) is 16.1 Å².